The number of benzene rings is 2. The SMILES string of the molecule is CCN1CC(C[C@](C(=O)OC)(c2cc3c(cc2OC)N(C)C2C34CCN3CC=C[C@@](CC)(C34)[C@H](OC(=O)C3CCCN3C(=O)CNC(=O)[C@H](CO)NC(=O)[C@H](CCC(N)=O)NC(=O)C(NC(=O)[C@H](CO)NC(=O)[C@H](CO)NC(=O)[C@@H]3C[C@H](O)CN3C(C)=O)C3CCCCC3)[C@@]2(O)C(=O)OC)c2[nH]c3ccccc3c2C)C[C@@](O)(CC)C1. The van der Waals surface area contributed by atoms with Crippen molar-refractivity contribution in [1.82, 2.24) is 56.5 Å². The number of H-pyrrole nitrogens is 1. The fourth-order valence-corrected chi connectivity index (χ4v) is 20.7. The zero-order chi connectivity index (χ0) is 84.3. The number of piperidine rings is 1. The number of anilines is 1. The molecule has 11 rings (SSSR count). The van der Waals surface area contributed by atoms with Gasteiger partial charge in [-0.15, -0.1) is 0 Å². The number of esters is 3. The number of carbonyl (C=O) groups is 12. The van der Waals surface area contributed by atoms with Crippen molar-refractivity contribution in [2.75, 3.05) is 105 Å². The molecule has 8 aliphatic rings. The predicted octanol–water partition coefficient (Wildman–Crippen LogP) is -1.92. The van der Waals surface area contributed by atoms with Crippen molar-refractivity contribution in [3.63, 3.8) is 0 Å². The maximum atomic E-state index is 15.8. The Morgan fingerprint density at radius 3 is 2.04 bits per heavy atom. The number of aliphatic hydroxyl groups is 6. The highest BCUT2D eigenvalue weighted by Crippen LogP contribution is 2.68. The molecule has 2 saturated carbocycles. The number of aromatic nitrogens is 1. The lowest BCUT2D eigenvalue weighted by Crippen LogP contribution is -2.81. The molecule has 6 aliphatic heterocycles. The Morgan fingerprint density at radius 2 is 1.41 bits per heavy atom. The lowest BCUT2D eigenvalue weighted by Gasteiger charge is -2.63. The molecule has 0 bridgehead atoms. The molecule has 9 amide bonds. The van der Waals surface area contributed by atoms with Gasteiger partial charge in [0, 0.05) is 110 Å². The van der Waals surface area contributed by atoms with E-state index in [9.17, 15) is 73.8 Å². The van der Waals surface area contributed by atoms with Gasteiger partial charge in [-0.1, -0.05) is 70.4 Å². The number of amides is 9. The van der Waals surface area contributed by atoms with Crippen molar-refractivity contribution in [3.05, 3.63) is 70.9 Å². The Labute approximate surface area is 673 Å². The van der Waals surface area contributed by atoms with E-state index in [4.69, 9.17) is 24.7 Å². The largest absolute Gasteiger partial charge is 0.496 e. The quantitative estimate of drug-likeness (QED) is 0.0184. The van der Waals surface area contributed by atoms with Crippen molar-refractivity contribution >= 4 is 87.7 Å². The summed E-state index contributed by atoms with van der Waals surface area (Å²) in [5, 5.41) is 83.1. The Hall–Kier alpha value is -9.36. The number of nitrogens with two attached hydrogens (primary N) is 1. The number of carbonyl (C=O) groups excluding carboxylic acids is 12. The lowest BCUT2D eigenvalue weighted by molar-refractivity contribution is -0.231. The van der Waals surface area contributed by atoms with Crippen LogP contribution in [0.4, 0.5) is 5.69 Å². The third-order valence-electron chi connectivity index (χ3n) is 26.2. The number of fused-ring (bicyclic) bond motifs is 2. The molecule has 7 heterocycles. The third kappa shape index (κ3) is 16.2. The molecule has 1 spiro atoms. The van der Waals surface area contributed by atoms with Gasteiger partial charge in [0.1, 0.15) is 53.5 Å². The highest BCUT2D eigenvalue weighted by atomic mass is 16.6. The minimum absolute atomic E-state index is 0.0228. The van der Waals surface area contributed by atoms with E-state index in [1.54, 1.807) is 7.05 Å². The fourth-order valence-electron chi connectivity index (χ4n) is 20.7. The molecule has 3 aromatic rings. The first-order chi connectivity index (χ1) is 55.3. The topological polar surface area (TPSA) is 493 Å². The number of rotatable bonds is 32. The minimum Gasteiger partial charge on any atom is -0.496 e. The Bertz CT molecular complexity index is 4270. The van der Waals surface area contributed by atoms with E-state index in [2.05, 4.69) is 46.7 Å². The molecule has 6 fully saturated rings. The summed E-state index contributed by atoms with van der Waals surface area (Å²) in [6.45, 7) is 7.46. The number of primary amides is 1. The van der Waals surface area contributed by atoms with Crippen LogP contribution >= 0.6 is 0 Å². The summed E-state index contributed by atoms with van der Waals surface area (Å²) >= 11 is 0. The second kappa shape index (κ2) is 35.8. The van der Waals surface area contributed by atoms with Crippen LogP contribution in [0, 0.1) is 24.2 Å². The minimum atomic E-state index is -2.70. The van der Waals surface area contributed by atoms with E-state index < -0.39 is 210 Å². The van der Waals surface area contributed by atoms with Gasteiger partial charge in [0.2, 0.25) is 58.8 Å². The van der Waals surface area contributed by atoms with Gasteiger partial charge in [0.05, 0.1) is 65.4 Å². The average molecular weight is 1620 g/mol. The Balaban J connectivity index is 0.821. The summed E-state index contributed by atoms with van der Waals surface area (Å²) in [5.41, 5.74) is 1.31. The normalized spacial score (nSPS) is 28.1. The highest BCUT2D eigenvalue weighted by molar-refractivity contribution is 5.99. The smallest absolute Gasteiger partial charge is 0.344 e. The van der Waals surface area contributed by atoms with Crippen molar-refractivity contribution in [3.8, 4) is 5.75 Å². The summed E-state index contributed by atoms with van der Waals surface area (Å²) in [6.07, 6.45) is 4.59. The van der Waals surface area contributed by atoms with Gasteiger partial charge in [-0.2, -0.15) is 0 Å². The number of nitrogens with zero attached hydrogens (tertiary/aromatic N) is 5. The number of ether oxygens (including phenoxy) is 4. The van der Waals surface area contributed by atoms with E-state index >= 15 is 14.4 Å². The maximum Gasteiger partial charge on any atom is 0.344 e. The standard InChI is InChI=1S/C81H115N13O22/c1-10-77(111)35-46(38-91(12-3)43-77)36-80(75(109)114-8,64-44(4)49-22-16-17-23-52(49)84-64)51-33-50-58(34-60(51)113-7)90(6)73-79(50)28-31-92-29-19-27-78(11-2,72(79)92)74(81(73,112)76(110)115-9)116-71(108)57-24-18-30-93(57)62(101)37-83-65(102)54(40-95)86-66(103)53(25-26-61(82)100)85-70(107)63(47-20-14-13-15-21-47)89-68(105)56(42-97)87-67(104)55(41-96)88-69(106)59-32-48(99)39-94(59)45(5)98/h16-17,19,22-23,27,33-34,46-48,53-57,59,63,72-74,84,95-97,99,111-112H,10-15,18,20-21,24-26,28-32,35-43H2,1-9H3,(H2,82,100)(H,83,102)(H,85,107)(H,86,103)(H,87,104)(H,88,106)(H,89,105)/t46?,48-,53-,54-,55-,56-,57?,59-,63?,72?,73?,74-,77-,78-,79?,80-,81+/m0/s1. The molecule has 4 saturated heterocycles. The van der Waals surface area contributed by atoms with E-state index in [0.29, 0.717) is 106 Å². The molecule has 17 atom stereocenters. The number of likely N-dealkylation sites (tertiary alicyclic amines) is 3. The van der Waals surface area contributed by atoms with E-state index in [-0.39, 0.29) is 51.1 Å². The number of β-amino-alcohol motifs (C(OH)–C–C–N with tert-alkyl or cyclic N) is 2. The number of aryl methyl sites for hydroxylation is 1. The summed E-state index contributed by atoms with van der Waals surface area (Å²) in [5.74, 6) is -11.8. The molecule has 116 heavy (non-hydrogen) atoms. The number of methoxy groups -OCH3 is 3. The van der Waals surface area contributed by atoms with Crippen LogP contribution in [0.25, 0.3) is 10.9 Å². The number of aliphatic hydroxyl groups excluding tert-OH is 4. The van der Waals surface area contributed by atoms with E-state index in [0.717, 1.165) is 34.9 Å². The molecule has 1 aromatic heterocycles. The summed E-state index contributed by atoms with van der Waals surface area (Å²) in [4.78, 5) is 181. The molecule has 636 valence electrons. The first-order valence-electron chi connectivity index (χ1n) is 40.4. The molecule has 35 heteroatoms. The number of para-hydroxylation sites is 1. The molecular weight excluding hydrogens is 1510 g/mol. The number of aromatic amines is 1. The summed E-state index contributed by atoms with van der Waals surface area (Å²) in [6, 6.07) is -1.31. The first kappa shape index (κ1) is 87.5. The predicted molar refractivity (Wildman–Crippen MR) is 417 cm³/mol. The molecule has 35 nitrogen and oxygen atoms in total. The lowest BCUT2D eigenvalue weighted by atomic mass is 9.47. The van der Waals surface area contributed by atoms with Crippen molar-refractivity contribution in [2.24, 2.45) is 23.0 Å². The maximum absolute atomic E-state index is 15.8. The second-order valence-electron chi connectivity index (χ2n) is 32.7. The van der Waals surface area contributed by atoms with E-state index in [1.165, 1.54) is 26.0 Å². The molecule has 15 N–H and O–H groups in total. The fraction of sp³-hybridized carbons (Fsp3) is 0.654. The van der Waals surface area contributed by atoms with Gasteiger partial charge in [-0.05, 0) is 119 Å². The Kier molecular flexibility index (Phi) is 27.0. The monoisotopic (exact) mass is 1620 g/mol. The average Bonchev–Trinajstić information content (AvgIpc) is 1.47. The van der Waals surface area contributed by atoms with Gasteiger partial charge >= 0.3 is 17.9 Å². The van der Waals surface area contributed by atoms with E-state index in [1.807, 2.05) is 81.1 Å². The molecule has 2 aromatic carbocycles. The van der Waals surface area contributed by atoms with Gasteiger partial charge < -0.3 is 112 Å². The molecule has 2 aliphatic carbocycles. The second-order valence-corrected chi connectivity index (χ2v) is 32.7. The molecule has 0 radical (unpaired) electrons. The number of hydrogen-bond donors (Lipinski definition) is 14. The summed E-state index contributed by atoms with van der Waals surface area (Å²) in [7, 11) is 5.75. The number of hydrogen-bond acceptors (Lipinski definition) is 25. The molecular formula is C81H115N13O22. The number of likely N-dealkylation sites (N-methyl/N-ethyl adjacent to an activating group) is 2. The van der Waals surface area contributed by atoms with Crippen molar-refractivity contribution < 1.29 is 107 Å². The zero-order valence-electron chi connectivity index (χ0n) is 67.5. The highest BCUT2D eigenvalue weighted by Gasteiger charge is 2.81. The van der Waals surface area contributed by atoms with Crippen LogP contribution in [-0.4, -0.2) is 305 Å². The van der Waals surface area contributed by atoms with Crippen LogP contribution < -0.4 is 47.3 Å². The first-order valence-corrected chi connectivity index (χ1v) is 40.4. The number of nitrogens with one attached hydrogen (secondary N) is 7. The zero-order valence-corrected chi connectivity index (χ0v) is 67.5. The van der Waals surface area contributed by atoms with Crippen molar-refractivity contribution in [1.29, 1.82) is 0 Å². The van der Waals surface area contributed by atoms with Crippen LogP contribution in [0.2, 0.25) is 0 Å². The Morgan fingerprint density at radius 1 is 0.750 bits per heavy atom. The van der Waals surface area contributed by atoms with Crippen LogP contribution in [-0.2, 0) is 82.6 Å². The van der Waals surface area contributed by atoms with Crippen LogP contribution in [0.3, 0.4) is 0 Å². The molecule has 6 unspecified atom stereocenters. The van der Waals surface area contributed by atoms with Gasteiger partial charge in [-0.25, -0.2) is 9.59 Å². The van der Waals surface area contributed by atoms with Crippen molar-refractivity contribution in [2.45, 2.75) is 220 Å². The third-order valence-corrected chi connectivity index (χ3v) is 26.2. The van der Waals surface area contributed by atoms with Gasteiger partial charge in [-0.3, -0.25) is 52.8 Å². The van der Waals surface area contributed by atoms with Gasteiger partial charge in [0.15, 0.2) is 6.10 Å². The van der Waals surface area contributed by atoms with Gasteiger partial charge in [0.25, 0.3) is 0 Å². The van der Waals surface area contributed by atoms with Crippen LogP contribution in [0.15, 0.2) is 48.6 Å². The summed E-state index contributed by atoms with van der Waals surface area (Å²) < 4.78 is 24.9. The van der Waals surface area contributed by atoms with Crippen LogP contribution in [0.5, 0.6) is 5.75 Å². The van der Waals surface area contributed by atoms with Crippen LogP contribution in [0.1, 0.15) is 146 Å².